The van der Waals surface area contributed by atoms with E-state index in [4.69, 9.17) is 9.47 Å². The summed E-state index contributed by atoms with van der Waals surface area (Å²) in [6.07, 6.45) is 5.24. The maximum Gasteiger partial charge on any atom is 0.337 e. The third kappa shape index (κ3) is 6.32. The number of carboxylic acids is 1. The molecule has 1 fully saturated rings. The zero-order valence-corrected chi connectivity index (χ0v) is 18.8. The molecule has 8 heteroatoms. The number of ether oxygens (including phenoxy) is 2. The molecule has 2 N–H and O–H groups in total. The summed E-state index contributed by atoms with van der Waals surface area (Å²) in [6.45, 7) is 3.89. The highest BCUT2D eigenvalue weighted by Crippen LogP contribution is 2.23. The van der Waals surface area contributed by atoms with Crippen LogP contribution < -0.4 is 14.8 Å². The SMILES string of the molecule is O=C(Nc1ccccc1C(=O)O)c1ccc(Oc2ccc(OCCN3CCCCC3)cc2)nc1. The van der Waals surface area contributed by atoms with Gasteiger partial charge in [0.2, 0.25) is 5.88 Å². The van der Waals surface area contributed by atoms with E-state index in [0.29, 0.717) is 18.2 Å². The number of carbonyl (C=O) groups excluding carboxylic acids is 1. The molecule has 2 aromatic carbocycles. The number of aromatic carboxylic acids is 1. The van der Waals surface area contributed by atoms with Gasteiger partial charge in [0.15, 0.2) is 0 Å². The molecule has 1 aromatic heterocycles. The number of hydrogen-bond acceptors (Lipinski definition) is 6. The van der Waals surface area contributed by atoms with Crippen molar-refractivity contribution in [3.8, 4) is 17.4 Å². The second-order valence-corrected chi connectivity index (χ2v) is 8.01. The van der Waals surface area contributed by atoms with E-state index in [-0.39, 0.29) is 16.8 Å². The number of rotatable bonds is 9. The number of benzene rings is 2. The lowest BCUT2D eigenvalue weighted by Gasteiger charge is -2.26. The van der Waals surface area contributed by atoms with Gasteiger partial charge in [-0.2, -0.15) is 0 Å². The van der Waals surface area contributed by atoms with Gasteiger partial charge in [0.05, 0.1) is 16.8 Å². The number of anilines is 1. The lowest BCUT2D eigenvalue weighted by Crippen LogP contribution is -2.33. The molecular formula is C26H27N3O5. The van der Waals surface area contributed by atoms with Crippen molar-refractivity contribution in [2.45, 2.75) is 19.3 Å². The molecule has 8 nitrogen and oxygen atoms in total. The predicted octanol–water partition coefficient (Wildman–Crippen LogP) is 4.69. The number of nitrogens with zero attached hydrogens (tertiary/aromatic N) is 2. The zero-order chi connectivity index (χ0) is 23.8. The molecule has 0 aliphatic carbocycles. The summed E-state index contributed by atoms with van der Waals surface area (Å²) >= 11 is 0. The van der Waals surface area contributed by atoms with Gasteiger partial charge in [-0.1, -0.05) is 18.6 Å². The minimum Gasteiger partial charge on any atom is -0.492 e. The maximum atomic E-state index is 12.5. The molecule has 2 heterocycles. The van der Waals surface area contributed by atoms with Crippen LogP contribution in [0, 0.1) is 0 Å². The molecule has 34 heavy (non-hydrogen) atoms. The number of nitrogens with one attached hydrogen (secondary N) is 1. The second kappa shape index (κ2) is 11.3. The summed E-state index contributed by atoms with van der Waals surface area (Å²) < 4.78 is 11.6. The fourth-order valence-electron chi connectivity index (χ4n) is 3.75. The monoisotopic (exact) mass is 461 g/mol. The number of carbonyl (C=O) groups is 2. The minimum atomic E-state index is -1.11. The largest absolute Gasteiger partial charge is 0.492 e. The minimum absolute atomic E-state index is 0.0164. The molecule has 0 unspecified atom stereocenters. The van der Waals surface area contributed by atoms with Crippen LogP contribution in [-0.2, 0) is 0 Å². The molecule has 1 aliphatic heterocycles. The number of amides is 1. The number of likely N-dealkylation sites (tertiary alicyclic amines) is 1. The number of para-hydroxylation sites is 1. The van der Waals surface area contributed by atoms with E-state index in [1.54, 1.807) is 36.4 Å². The van der Waals surface area contributed by atoms with Crippen LogP contribution in [0.5, 0.6) is 17.4 Å². The molecular weight excluding hydrogens is 434 g/mol. The fourth-order valence-corrected chi connectivity index (χ4v) is 3.75. The first-order chi connectivity index (χ1) is 16.6. The average Bonchev–Trinajstić information content (AvgIpc) is 2.86. The van der Waals surface area contributed by atoms with Crippen molar-refractivity contribution in [1.29, 1.82) is 0 Å². The van der Waals surface area contributed by atoms with Crippen molar-refractivity contribution in [3.05, 3.63) is 78.0 Å². The van der Waals surface area contributed by atoms with Gasteiger partial charge in [-0.3, -0.25) is 9.69 Å². The Morgan fingerprint density at radius 1 is 0.941 bits per heavy atom. The molecule has 0 bridgehead atoms. The molecule has 1 amide bonds. The normalized spacial score (nSPS) is 13.8. The van der Waals surface area contributed by atoms with Crippen molar-refractivity contribution in [1.82, 2.24) is 9.88 Å². The number of carboxylic acid groups (broad SMARTS) is 1. The van der Waals surface area contributed by atoms with Crippen molar-refractivity contribution in [3.63, 3.8) is 0 Å². The highest BCUT2D eigenvalue weighted by molar-refractivity contribution is 6.07. The van der Waals surface area contributed by atoms with Crippen LogP contribution in [0.3, 0.4) is 0 Å². The average molecular weight is 462 g/mol. The summed E-state index contributed by atoms with van der Waals surface area (Å²) in [6, 6.07) is 16.7. The molecule has 176 valence electrons. The van der Waals surface area contributed by atoms with Gasteiger partial charge in [-0.25, -0.2) is 9.78 Å². The van der Waals surface area contributed by atoms with Gasteiger partial charge in [0.25, 0.3) is 5.91 Å². The topological polar surface area (TPSA) is 101 Å². The molecule has 4 rings (SSSR count). The first-order valence-electron chi connectivity index (χ1n) is 11.3. The van der Waals surface area contributed by atoms with Gasteiger partial charge in [0, 0.05) is 18.8 Å². The van der Waals surface area contributed by atoms with Gasteiger partial charge in [0.1, 0.15) is 18.1 Å². The third-order valence-corrected chi connectivity index (χ3v) is 5.58. The van der Waals surface area contributed by atoms with Crippen LogP contribution in [0.15, 0.2) is 66.9 Å². The smallest absolute Gasteiger partial charge is 0.337 e. The van der Waals surface area contributed by atoms with Crippen LogP contribution in [0.4, 0.5) is 5.69 Å². The zero-order valence-electron chi connectivity index (χ0n) is 18.8. The standard InChI is InChI=1S/C26H27N3O5/c30-25(28-23-7-3-2-6-22(23)26(31)32)19-8-13-24(27-18-19)34-21-11-9-20(10-12-21)33-17-16-29-14-4-1-5-15-29/h2-3,6-13,18H,1,4-5,14-17H2,(H,28,30)(H,31,32). The Morgan fingerprint density at radius 2 is 1.68 bits per heavy atom. The number of hydrogen-bond donors (Lipinski definition) is 2. The van der Waals surface area contributed by atoms with E-state index in [1.165, 1.54) is 37.6 Å². The van der Waals surface area contributed by atoms with Crippen LogP contribution in [0.1, 0.15) is 40.0 Å². The first-order valence-corrected chi connectivity index (χ1v) is 11.3. The summed E-state index contributed by atoms with van der Waals surface area (Å²) in [4.78, 5) is 30.4. The first kappa shape index (κ1) is 23.3. The highest BCUT2D eigenvalue weighted by Gasteiger charge is 2.14. The van der Waals surface area contributed by atoms with E-state index in [0.717, 1.165) is 25.4 Å². The fraction of sp³-hybridized carbons (Fsp3) is 0.269. The molecule has 0 radical (unpaired) electrons. The molecule has 1 saturated heterocycles. The second-order valence-electron chi connectivity index (χ2n) is 8.01. The quantitative estimate of drug-likeness (QED) is 0.477. The molecule has 0 saturated carbocycles. The van der Waals surface area contributed by atoms with Crippen molar-refractivity contribution < 1.29 is 24.2 Å². The van der Waals surface area contributed by atoms with Gasteiger partial charge < -0.3 is 19.9 Å². The Hall–Kier alpha value is -3.91. The Bertz CT molecular complexity index is 1110. The van der Waals surface area contributed by atoms with Crippen LogP contribution in [0.2, 0.25) is 0 Å². The van der Waals surface area contributed by atoms with E-state index in [2.05, 4.69) is 15.2 Å². The Balaban J connectivity index is 1.28. The Kier molecular flexibility index (Phi) is 7.72. The predicted molar refractivity (Wildman–Crippen MR) is 128 cm³/mol. The third-order valence-electron chi connectivity index (χ3n) is 5.58. The lowest BCUT2D eigenvalue weighted by atomic mass is 10.1. The van der Waals surface area contributed by atoms with Gasteiger partial charge in [-0.15, -0.1) is 0 Å². The lowest BCUT2D eigenvalue weighted by molar-refractivity contribution is 0.0698. The van der Waals surface area contributed by atoms with E-state index >= 15 is 0 Å². The van der Waals surface area contributed by atoms with Gasteiger partial charge in [-0.05, 0) is 68.4 Å². The molecule has 3 aromatic rings. The molecule has 0 spiro atoms. The Morgan fingerprint density at radius 3 is 2.38 bits per heavy atom. The van der Waals surface area contributed by atoms with E-state index in [9.17, 15) is 14.7 Å². The van der Waals surface area contributed by atoms with E-state index in [1.807, 2.05) is 12.1 Å². The Labute approximate surface area is 198 Å². The van der Waals surface area contributed by atoms with Crippen molar-refractivity contribution >= 4 is 17.6 Å². The number of pyridine rings is 1. The van der Waals surface area contributed by atoms with Crippen molar-refractivity contribution in [2.24, 2.45) is 0 Å². The summed E-state index contributed by atoms with van der Waals surface area (Å²) in [5.41, 5.74) is 0.520. The van der Waals surface area contributed by atoms with E-state index < -0.39 is 11.9 Å². The molecule has 1 aliphatic rings. The summed E-state index contributed by atoms with van der Waals surface area (Å²) in [5, 5.41) is 11.9. The highest BCUT2D eigenvalue weighted by atomic mass is 16.5. The van der Waals surface area contributed by atoms with Gasteiger partial charge >= 0.3 is 5.97 Å². The number of aromatic nitrogens is 1. The van der Waals surface area contributed by atoms with Crippen LogP contribution in [-0.4, -0.2) is 53.1 Å². The summed E-state index contributed by atoms with van der Waals surface area (Å²) in [7, 11) is 0. The van der Waals surface area contributed by atoms with Crippen molar-refractivity contribution in [2.75, 3.05) is 31.6 Å². The van der Waals surface area contributed by atoms with Crippen LogP contribution in [0.25, 0.3) is 0 Å². The molecule has 0 atom stereocenters. The van der Waals surface area contributed by atoms with Crippen LogP contribution >= 0.6 is 0 Å². The summed E-state index contributed by atoms with van der Waals surface area (Å²) in [5.74, 6) is 0.144. The number of piperidine rings is 1. The maximum absolute atomic E-state index is 12.5.